The molecule has 0 amide bonds. The number of hydrogen-bond acceptors (Lipinski definition) is 4. The van der Waals surface area contributed by atoms with Gasteiger partial charge in [0.1, 0.15) is 0 Å². The SMILES string of the molecule is [CH2]S(=O)(=O)Cc1ccccc1S(C)(=O)=O. The van der Waals surface area contributed by atoms with Crippen LogP contribution in [0, 0.1) is 6.26 Å². The van der Waals surface area contributed by atoms with E-state index in [1.54, 1.807) is 12.1 Å². The molecule has 1 aromatic rings. The van der Waals surface area contributed by atoms with Crippen molar-refractivity contribution >= 4 is 19.7 Å². The Labute approximate surface area is 89.8 Å². The van der Waals surface area contributed by atoms with E-state index < -0.39 is 19.7 Å². The van der Waals surface area contributed by atoms with E-state index in [-0.39, 0.29) is 16.2 Å². The molecular weight excluding hydrogens is 236 g/mol. The second-order valence-corrected chi connectivity index (χ2v) is 7.03. The molecule has 0 N–H and O–H groups in total. The lowest BCUT2D eigenvalue weighted by atomic mass is 10.2. The Kier molecular flexibility index (Phi) is 3.20. The third kappa shape index (κ3) is 3.64. The minimum Gasteiger partial charge on any atom is -0.228 e. The first-order chi connectivity index (χ1) is 6.70. The van der Waals surface area contributed by atoms with Gasteiger partial charge in [-0.1, -0.05) is 18.2 Å². The van der Waals surface area contributed by atoms with Gasteiger partial charge in [0.2, 0.25) is 0 Å². The summed E-state index contributed by atoms with van der Waals surface area (Å²) >= 11 is 0. The average Bonchev–Trinajstić information content (AvgIpc) is 1.99. The molecule has 0 spiro atoms. The van der Waals surface area contributed by atoms with Gasteiger partial charge in [0.05, 0.1) is 16.9 Å². The third-order valence-electron chi connectivity index (χ3n) is 1.75. The standard InChI is InChI=1S/C9H11O4S2/c1-14(10,11)7-8-5-3-4-6-9(8)15(2,12)13/h3-6H,1,7H2,2H3. The van der Waals surface area contributed by atoms with Gasteiger partial charge in [-0.05, 0) is 11.6 Å². The van der Waals surface area contributed by atoms with Crippen molar-refractivity contribution in [2.75, 3.05) is 6.26 Å². The van der Waals surface area contributed by atoms with E-state index in [0.29, 0.717) is 0 Å². The number of hydrogen-bond donors (Lipinski definition) is 0. The van der Waals surface area contributed by atoms with Gasteiger partial charge in [0.25, 0.3) is 0 Å². The zero-order valence-electron chi connectivity index (χ0n) is 8.17. The van der Waals surface area contributed by atoms with Crippen molar-refractivity contribution in [3.8, 4) is 0 Å². The van der Waals surface area contributed by atoms with Gasteiger partial charge >= 0.3 is 0 Å². The quantitative estimate of drug-likeness (QED) is 0.792. The van der Waals surface area contributed by atoms with Crippen molar-refractivity contribution in [2.24, 2.45) is 0 Å². The summed E-state index contributed by atoms with van der Waals surface area (Å²) in [6.45, 7) is 0. The highest BCUT2D eigenvalue weighted by Crippen LogP contribution is 2.17. The maximum atomic E-state index is 11.3. The summed E-state index contributed by atoms with van der Waals surface area (Å²) in [6.07, 6.45) is 4.01. The highest BCUT2D eigenvalue weighted by atomic mass is 32.2. The van der Waals surface area contributed by atoms with E-state index in [0.717, 1.165) is 6.26 Å². The van der Waals surface area contributed by atoms with E-state index in [4.69, 9.17) is 0 Å². The topological polar surface area (TPSA) is 68.3 Å². The maximum Gasteiger partial charge on any atom is 0.175 e. The highest BCUT2D eigenvalue weighted by Gasteiger charge is 2.15. The molecule has 0 aliphatic heterocycles. The van der Waals surface area contributed by atoms with Crippen molar-refractivity contribution in [1.82, 2.24) is 0 Å². The van der Waals surface area contributed by atoms with Gasteiger partial charge in [0.15, 0.2) is 19.7 Å². The summed E-state index contributed by atoms with van der Waals surface area (Å²) in [4.78, 5) is 0.0391. The molecule has 0 saturated carbocycles. The smallest absolute Gasteiger partial charge is 0.175 e. The highest BCUT2D eigenvalue weighted by molar-refractivity contribution is 7.92. The molecule has 0 saturated heterocycles. The largest absolute Gasteiger partial charge is 0.228 e. The van der Waals surface area contributed by atoms with Crippen molar-refractivity contribution in [2.45, 2.75) is 10.6 Å². The molecule has 0 aromatic heterocycles. The second kappa shape index (κ2) is 3.94. The Morgan fingerprint density at radius 2 is 1.67 bits per heavy atom. The summed E-state index contributed by atoms with van der Waals surface area (Å²) in [7, 11) is -6.87. The van der Waals surface area contributed by atoms with E-state index in [9.17, 15) is 16.8 Å². The molecule has 4 nitrogen and oxygen atoms in total. The second-order valence-electron chi connectivity index (χ2n) is 3.27. The van der Waals surface area contributed by atoms with Crippen molar-refractivity contribution in [3.63, 3.8) is 0 Å². The third-order valence-corrected chi connectivity index (χ3v) is 3.70. The van der Waals surface area contributed by atoms with Gasteiger partial charge in [-0.25, -0.2) is 16.8 Å². The van der Waals surface area contributed by atoms with Gasteiger partial charge in [-0.15, -0.1) is 0 Å². The Hall–Kier alpha value is -0.880. The van der Waals surface area contributed by atoms with E-state index in [1.807, 2.05) is 0 Å². The zero-order valence-corrected chi connectivity index (χ0v) is 9.81. The van der Waals surface area contributed by atoms with Crippen LogP contribution in [0.5, 0.6) is 0 Å². The van der Waals surface area contributed by atoms with E-state index in [1.165, 1.54) is 12.1 Å². The van der Waals surface area contributed by atoms with Crippen LogP contribution in [0.15, 0.2) is 29.2 Å². The molecule has 1 radical (unpaired) electrons. The summed E-state index contributed by atoms with van der Waals surface area (Å²) in [5, 5.41) is 0. The summed E-state index contributed by atoms with van der Waals surface area (Å²) < 4.78 is 44.6. The van der Waals surface area contributed by atoms with Crippen LogP contribution in [0.3, 0.4) is 0 Å². The zero-order chi connectivity index (χ0) is 11.7. The van der Waals surface area contributed by atoms with Crippen molar-refractivity contribution in [1.29, 1.82) is 0 Å². The molecule has 1 rings (SSSR count). The molecule has 6 heteroatoms. The first-order valence-electron chi connectivity index (χ1n) is 4.04. The van der Waals surface area contributed by atoms with Crippen LogP contribution >= 0.6 is 0 Å². The molecule has 0 atom stereocenters. The first-order valence-corrected chi connectivity index (χ1v) is 7.75. The molecule has 0 aliphatic carbocycles. The summed E-state index contributed by atoms with van der Waals surface area (Å²) in [6, 6.07) is 6.00. The lowest BCUT2D eigenvalue weighted by molar-refractivity contribution is 0.600. The molecule has 0 unspecified atom stereocenters. The molecular formula is C9H11O4S2. The lowest BCUT2D eigenvalue weighted by Crippen LogP contribution is -2.06. The fourth-order valence-corrected chi connectivity index (χ4v) is 2.98. The number of rotatable bonds is 3. The maximum absolute atomic E-state index is 11.3. The number of benzene rings is 1. The van der Waals surface area contributed by atoms with Crippen LogP contribution in [0.2, 0.25) is 0 Å². The Morgan fingerprint density at radius 1 is 1.13 bits per heavy atom. The van der Waals surface area contributed by atoms with Crippen LogP contribution in [0.4, 0.5) is 0 Å². The Bertz CT molecular complexity index is 556. The van der Waals surface area contributed by atoms with E-state index >= 15 is 0 Å². The van der Waals surface area contributed by atoms with Crippen LogP contribution in [-0.4, -0.2) is 23.1 Å². The molecule has 0 bridgehead atoms. The number of sulfone groups is 2. The molecule has 0 fully saturated rings. The van der Waals surface area contributed by atoms with Crippen LogP contribution in [0.1, 0.15) is 5.56 Å². The minimum absolute atomic E-state index is 0.0391. The monoisotopic (exact) mass is 247 g/mol. The van der Waals surface area contributed by atoms with E-state index in [2.05, 4.69) is 6.26 Å². The van der Waals surface area contributed by atoms with Crippen LogP contribution < -0.4 is 0 Å². The summed E-state index contributed by atoms with van der Waals surface area (Å²) in [5.74, 6) is -0.365. The molecule has 0 heterocycles. The molecule has 1 aromatic carbocycles. The van der Waals surface area contributed by atoms with Gasteiger partial charge in [-0.3, -0.25) is 0 Å². The van der Waals surface area contributed by atoms with Crippen LogP contribution in [-0.2, 0) is 25.4 Å². The Morgan fingerprint density at radius 3 is 2.13 bits per heavy atom. The Balaban J connectivity index is 3.32. The average molecular weight is 247 g/mol. The predicted molar refractivity (Wildman–Crippen MR) is 57.5 cm³/mol. The fourth-order valence-electron chi connectivity index (χ4n) is 1.22. The van der Waals surface area contributed by atoms with Crippen LogP contribution in [0.25, 0.3) is 0 Å². The minimum atomic E-state index is -3.47. The lowest BCUT2D eigenvalue weighted by Gasteiger charge is -2.05. The molecule has 0 aliphatic rings. The normalized spacial score (nSPS) is 12.7. The summed E-state index contributed by atoms with van der Waals surface area (Å²) in [5.41, 5.74) is 0.259. The first kappa shape index (κ1) is 12.2. The molecule has 15 heavy (non-hydrogen) atoms. The molecule has 83 valence electrons. The van der Waals surface area contributed by atoms with Gasteiger partial charge in [-0.2, -0.15) is 0 Å². The van der Waals surface area contributed by atoms with Crippen molar-refractivity contribution < 1.29 is 16.8 Å². The van der Waals surface area contributed by atoms with Gasteiger partial charge in [0, 0.05) is 6.26 Å². The predicted octanol–water partition coefficient (Wildman–Crippen LogP) is 0.796. The van der Waals surface area contributed by atoms with Crippen molar-refractivity contribution in [3.05, 3.63) is 36.1 Å². The van der Waals surface area contributed by atoms with Gasteiger partial charge < -0.3 is 0 Å². The fraction of sp³-hybridized carbons (Fsp3) is 0.222.